The largest absolute Gasteiger partial charge is 0.355 e. The van der Waals surface area contributed by atoms with E-state index in [9.17, 15) is 5.41 Å². The van der Waals surface area contributed by atoms with E-state index in [0.717, 1.165) is 45.8 Å². The molecule has 0 amide bonds. The Balaban J connectivity index is 1.05. The normalized spacial score (nSPS) is 14.9. The van der Waals surface area contributed by atoms with Gasteiger partial charge in [-0.2, -0.15) is 5.01 Å². The van der Waals surface area contributed by atoms with Crippen LogP contribution in [0.15, 0.2) is 200 Å². The quantitative estimate of drug-likeness (QED) is 0.0881. The number of nitrogens with one attached hydrogen (secondary N) is 2. The lowest BCUT2D eigenvalue weighted by molar-refractivity contribution is 0.391. The van der Waals surface area contributed by atoms with Crippen molar-refractivity contribution in [1.82, 2.24) is 14.6 Å². The Kier molecular flexibility index (Phi) is 8.70. The van der Waals surface area contributed by atoms with Crippen molar-refractivity contribution >= 4 is 39.0 Å². The van der Waals surface area contributed by atoms with Crippen molar-refractivity contribution in [2.45, 2.75) is 19.6 Å². The molecule has 1 fully saturated rings. The zero-order valence-corrected chi connectivity index (χ0v) is 31.7. The van der Waals surface area contributed by atoms with Crippen molar-refractivity contribution in [2.75, 3.05) is 5.32 Å². The van der Waals surface area contributed by atoms with Gasteiger partial charge in [0.2, 0.25) is 0 Å². The molecule has 2 unspecified atom stereocenters. The first kappa shape index (κ1) is 34.3. The molecule has 274 valence electrons. The molecule has 1 aliphatic rings. The lowest BCUT2D eigenvalue weighted by Crippen LogP contribution is -2.16. The number of aryl methyl sites for hydroxylation is 1. The third-order valence-electron chi connectivity index (χ3n) is 11.1. The van der Waals surface area contributed by atoms with Gasteiger partial charge in [0.15, 0.2) is 0 Å². The number of nitrogens with zero attached hydrogens (tertiary/aromatic N) is 3. The van der Waals surface area contributed by atoms with Crippen LogP contribution in [0.25, 0.3) is 49.7 Å². The van der Waals surface area contributed by atoms with E-state index in [1.165, 1.54) is 44.2 Å². The van der Waals surface area contributed by atoms with Crippen LogP contribution in [-0.4, -0.2) is 20.4 Å². The summed E-state index contributed by atoms with van der Waals surface area (Å²) in [6, 6.07) is 70.7. The van der Waals surface area contributed by atoms with Gasteiger partial charge in [0.25, 0.3) is 0 Å². The molecule has 8 aromatic carbocycles. The summed E-state index contributed by atoms with van der Waals surface area (Å²) in [5.41, 5.74) is 14.8. The second-order valence-electron chi connectivity index (χ2n) is 14.8. The average molecular weight is 736 g/mol. The maximum atomic E-state index is 9.23. The molecule has 0 radical (unpaired) electrons. The lowest BCUT2D eigenvalue weighted by atomic mass is 9.94. The summed E-state index contributed by atoms with van der Waals surface area (Å²) in [4.78, 5) is 0. The van der Waals surface area contributed by atoms with Crippen LogP contribution in [0.2, 0.25) is 0 Å². The third kappa shape index (κ3) is 6.44. The highest BCUT2D eigenvalue weighted by Crippen LogP contribution is 2.45. The number of rotatable bonds is 9. The van der Waals surface area contributed by atoms with Crippen molar-refractivity contribution in [3.05, 3.63) is 222 Å². The van der Waals surface area contributed by atoms with E-state index in [1.807, 2.05) is 42.5 Å². The molecule has 1 aliphatic heterocycles. The first-order valence-electron chi connectivity index (χ1n) is 19.5. The SMILES string of the molecule is Cc1ccccc1-c1cc(-c2ccc3c(c2)c2ccccc2n3-c2cccc(C3N(Cc4ccccc4)N3C(=N)c3ccccc3)c2)ccc1Nc1ccccc1. The number of hydrogen-bond donors (Lipinski definition) is 2. The number of fused-ring (bicyclic) bond motifs is 3. The van der Waals surface area contributed by atoms with Crippen LogP contribution in [0.3, 0.4) is 0 Å². The standard InChI is InChI=1S/C52H41N5/c1-36-16-11-12-25-44(36)46-33-39(28-30-48(46)54-42-22-9-4-10-23-42)40-29-31-50-47(34-40)45-26-13-14-27-49(45)56(50)43-24-15-21-41(32-43)52-55(35-37-17-5-2-6-18-37)57(52)51(53)38-19-7-3-8-20-38/h2-34,52-54H,35H2,1H3. The second kappa shape index (κ2) is 14.5. The molecule has 0 aliphatic carbocycles. The Labute approximate surface area is 333 Å². The van der Waals surface area contributed by atoms with E-state index in [0.29, 0.717) is 5.84 Å². The molecule has 9 aromatic rings. The number of benzene rings is 8. The minimum atomic E-state index is -0.0562. The van der Waals surface area contributed by atoms with Crippen molar-refractivity contribution in [2.24, 2.45) is 0 Å². The lowest BCUT2D eigenvalue weighted by Gasteiger charge is -2.16. The van der Waals surface area contributed by atoms with Gasteiger partial charge < -0.3 is 9.88 Å². The van der Waals surface area contributed by atoms with Crippen molar-refractivity contribution in [3.8, 4) is 27.9 Å². The number of aromatic nitrogens is 1. The van der Waals surface area contributed by atoms with Crippen LogP contribution in [-0.2, 0) is 6.54 Å². The Morgan fingerprint density at radius 3 is 2.04 bits per heavy atom. The molecule has 2 atom stereocenters. The monoisotopic (exact) mass is 735 g/mol. The molecule has 0 bridgehead atoms. The molecule has 2 heterocycles. The molecular weight excluding hydrogens is 695 g/mol. The molecule has 5 nitrogen and oxygen atoms in total. The fourth-order valence-electron chi connectivity index (χ4n) is 8.29. The van der Waals surface area contributed by atoms with Crippen LogP contribution in [0.1, 0.15) is 28.4 Å². The maximum Gasteiger partial charge on any atom is 0.144 e. The van der Waals surface area contributed by atoms with E-state index >= 15 is 0 Å². The van der Waals surface area contributed by atoms with Crippen LogP contribution in [0.5, 0.6) is 0 Å². The maximum absolute atomic E-state index is 9.23. The van der Waals surface area contributed by atoms with Gasteiger partial charge in [0.05, 0.1) is 11.0 Å². The summed E-state index contributed by atoms with van der Waals surface area (Å²) in [5, 5.41) is 19.7. The van der Waals surface area contributed by atoms with Crippen LogP contribution < -0.4 is 5.32 Å². The molecule has 1 aromatic heterocycles. The average Bonchev–Trinajstić information content (AvgIpc) is 3.88. The second-order valence-corrected chi connectivity index (χ2v) is 14.8. The molecule has 5 heteroatoms. The van der Waals surface area contributed by atoms with Crippen molar-refractivity contribution < 1.29 is 0 Å². The number of amidine groups is 1. The van der Waals surface area contributed by atoms with E-state index in [1.54, 1.807) is 0 Å². The van der Waals surface area contributed by atoms with Gasteiger partial charge in [0.1, 0.15) is 12.0 Å². The van der Waals surface area contributed by atoms with Gasteiger partial charge >= 0.3 is 0 Å². The highest BCUT2D eigenvalue weighted by atomic mass is 15.9. The van der Waals surface area contributed by atoms with Crippen LogP contribution in [0, 0.1) is 12.3 Å². The molecule has 57 heavy (non-hydrogen) atoms. The van der Waals surface area contributed by atoms with Crippen LogP contribution in [0.4, 0.5) is 11.4 Å². The molecular formula is C52H41N5. The predicted molar refractivity (Wildman–Crippen MR) is 236 cm³/mol. The first-order chi connectivity index (χ1) is 28.1. The summed E-state index contributed by atoms with van der Waals surface area (Å²) in [5.74, 6) is 0.501. The topological polar surface area (TPSA) is 46.8 Å². The Hall–Kier alpha value is -7.21. The zero-order chi connectivity index (χ0) is 38.3. The van der Waals surface area contributed by atoms with E-state index in [-0.39, 0.29) is 6.17 Å². The van der Waals surface area contributed by atoms with Gasteiger partial charge in [-0.25, -0.2) is 0 Å². The summed E-state index contributed by atoms with van der Waals surface area (Å²) in [7, 11) is 0. The van der Waals surface area contributed by atoms with Gasteiger partial charge in [-0.1, -0.05) is 146 Å². The molecule has 0 saturated carbocycles. The van der Waals surface area contributed by atoms with Gasteiger partial charge in [-0.15, -0.1) is 0 Å². The zero-order valence-electron chi connectivity index (χ0n) is 31.7. The number of hydrogen-bond acceptors (Lipinski definition) is 3. The molecule has 10 rings (SSSR count). The molecule has 1 saturated heterocycles. The Bertz CT molecular complexity index is 2900. The van der Waals surface area contributed by atoms with E-state index in [2.05, 4.69) is 185 Å². The fourth-order valence-corrected chi connectivity index (χ4v) is 8.29. The molecule has 2 N–H and O–H groups in total. The minimum Gasteiger partial charge on any atom is -0.355 e. The van der Waals surface area contributed by atoms with Crippen molar-refractivity contribution in [3.63, 3.8) is 0 Å². The van der Waals surface area contributed by atoms with E-state index < -0.39 is 0 Å². The highest BCUT2D eigenvalue weighted by Gasteiger charge is 2.48. The van der Waals surface area contributed by atoms with Gasteiger partial charge in [0, 0.05) is 45.5 Å². The number of para-hydroxylation sites is 2. The third-order valence-corrected chi connectivity index (χ3v) is 11.1. The van der Waals surface area contributed by atoms with Crippen LogP contribution >= 0.6 is 0 Å². The van der Waals surface area contributed by atoms with Gasteiger partial charge in [-0.3, -0.25) is 10.4 Å². The van der Waals surface area contributed by atoms with Gasteiger partial charge in [-0.05, 0) is 94.9 Å². The summed E-state index contributed by atoms with van der Waals surface area (Å²) in [6.07, 6.45) is -0.0562. The molecule has 0 spiro atoms. The Morgan fingerprint density at radius 1 is 0.561 bits per heavy atom. The first-order valence-corrected chi connectivity index (χ1v) is 19.5. The fraction of sp³-hybridized carbons (Fsp3) is 0.0577. The minimum absolute atomic E-state index is 0.0562. The smallest absolute Gasteiger partial charge is 0.144 e. The summed E-state index contributed by atoms with van der Waals surface area (Å²) in [6.45, 7) is 2.90. The Morgan fingerprint density at radius 2 is 1.23 bits per heavy atom. The summed E-state index contributed by atoms with van der Waals surface area (Å²) >= 11 is 0. The summed E-state index contributed by atoms with van der Waals surface area (Å²) < 4.78 is 2.39. The number of hydrazine groups is 1. The predicted octanol–water partition coefficient (Wildman–Crippen LogP) is 12.9. The van der Waals surface area contributed by atoms with Crippen molar-refractivity contribution in [1.29, 1.82) is 5.41 Å². The van der Waals surface area contributed by atoms with E-state index in [4.69, 9.17) is 0 Å². The highest BCUT2D eigenvalue weighted by molar-refractivity contribution is 6.10. The number of anilines is 2.